The van der Waals surface area contributed by atoms with Crippen LogP contribution in [-0.2, 0) is 4.52 Å². The average molecular weight is 343 g/mol. The molecule has 2 nitrogen and oxygen atoms in total. The van der Waals surface area contributed by atoms with Crippen molar-refractivity contribution >= 4 is 9.47 Å². The summed E-state index contributed by atoms with van der Waals surface area (Å²) in [7, 11) is 2.39. The van der Waals surface area contributed by atoms with Gasteiger partial charge in [-0.05, 0) is 51.4 Å². The predicted molar refractivity (Wildman–Crippen MR) is 106 cm³/mol. The predicted octanol–water partition coefficient (Wildman–Crippen LogP) is 6.36. The smallest absolute Gasteiger partial charge is 0.0791 e. The van der Waals surface area contributed by atoms with E-state index in [0.29, 0.717) is 6.61 Å². The number of hydrogen-bond donors (Lipinski definition) is 1. The molecule has 0 aromatic heterocycles. The monoisotopic (exact) mass is 342 g/mol. The first-order valence-electron chi connectivity index (χ1n) is 9.63. The first-order chi connectivity index (χ1) is 11.3. The van der Waals surface area contributed by atoms with Crippen LogP contribution in [0.1, 0.15) is 90.4 Å². The lowest BCUT2D eigenvalue weighted by Crippen LogP contribution is -2.02. The third-order valence-electron chi connectivity index (χ3n) is 4.05. The van der Waals surface area contributed by atoms with E-state index in [4.69, 9.17) is 9.63 Å². The van der Waals surface area contributed by atoms with Crippen molar-refractivity contribution in [2.45, 2.75) is 96.5 Å². The molecule has 0 aromatic rings. The molecule has 2 atom stereocenters. The maximum Gasteiger partial charge on any atom is 0.0791 e. The molecule has 0 aromatic carbocycles. The number of unbranched alkanes of at least 4 members (excludes halogenated alkanes) is 9. The van der Waals surface area contributed by atoms with Gasteiger partial charge < -0.3 is 9.63 Å². The maximum atomic E-state index is 8.68. The van der Waals surface area contributed by atoms with Crippen LogP contribution >= 0.6 is 9.47 Å². The van der Waals surface area contributed by atoms with Crippen LogP contribution < -0.4 is 0 Å². The lowest BCUT2D eigenvalue weighted by Gasteiger charge is -2.09. The molecule has 0 aliphatic rings. The lowest BCUT2D eigenvalue weighted by molar-refractivity contribution is 0.275. The summed E-state index contributed by atoms with van der Waals surface area (Å²) in [6.45, 7) is 2.55. The third-order valence-corrected chi connectivity index (χ3v) is 4.40. The van der Waals surface area contributed by atoms with Crippen molar-refractivity contribution in [2.75, 3.05) is 6.61 Å². The second-order valence-corrected chi connectivity index (χ2v) is 6.55. The van der Waals surface area contributed by atoms with Gasteiger partial charge in [0.1, 0.15) is 0 Å². The van der Waals surface area contributed by atoms with Gasteiger partial charge in [0, 0.05) is 16.1 Å². The van der Waals surface area contributed by atoms with Crippen molar-refractivity contribution in [3.8, 4) is 0 Å². The van der Waals surface area contributed by atoms with Gasteiger partial charge in [0.05, 0.1) is 6.10 Å². The number of aliphatic hydroxyl groups excluding tert-OH is 1. The molecule has 0 spiro atoms. The number of hydrogen-bond acceptors (Lipinski definition) is 2. The molecule has 0 fully saturated rings. The fraction of sp³-hybridized carbons (Fsp3) is 0.800. The zero-order chi connectivity index (χ0) is 17.0. The van der Waals surface area contributed by atoms with Crippen molar-refractivity contribution in [1.82, 2.24) is 0 Å². The molecule has 1 N–H and O–H groups in total. The minimum Gasteiger partial charge on any atom is -0.396 e. The van der Waals surface area contributed by atoms with Crippen molar-refractivity contribution in [1.29, 1.82) is 0 Å². The Labute approximate surface area is 147 Å². The highest BCUT2D eigenvalue weighted by Crippen LogP contribution is 2.12. The zero-order valence-electron chi connectivity index (χ0n) is 15.2. The third kappa shape index (κ3) is 18.0. The van der Waals surface area contributed by atoms with Gasteiger partial charge in [-0.25, -0.2) is 0 Å². The Morgan fingerprint density at radius 2 is 1.39 bits per heavy atom. The summed E-state index contributed by atoms with van der Waals surface area (Å²) in [5.41, 5.74) is 0. The first kappa shape index (κ1) is 22.8. The van der Waals surface area contributed by atoms with E-state index >= 15 is 0 Å². The van der Waals surface area contributed by atoms with Crippen LogP contribution in [0, 0.1) is 0 Å². The van der Waals surface area contributed by atoms with Gasteiger partial charge in [-0.2, -0.15) is 0 Å². The molecule has 23 heavy (non-hydrogen) atoms. The second-order valence-electron chi connectivity index (χ2n) is 6.28. The topological polar surface area (TPSA) is 29.5 Å². The number of allylic oxidation sites excluding steroid dienone is 3. The Hall–Kier alpha value is -0.170. The van der Waals surface area contributed by atoms with Crippen LogP contribution in [0.2, 0.25) is 0 Å². The van der Waals surface area contributed by atoms with Gasteiger partial charge in [0.2, 0.25) is 0 Å². The van der Waals surface area contributed by atoms with Crippen molar-refractivity contribution in [2.24, 2.45) is 0 Å². The summed E-state index contributed by atoms with van der Waals surface area (Å²) in [5.74, 6) is 0. The normalized spacial score (nSPS) is 13.3. The van der Waals surface area contributed by atoms with Gasteiger partial charge >= 0.3 is 0 Å². The molecule has 0 aliphatic heterocycles. The molecule has 0 bridgehead atoms. The van der Waals surface area contributed by atoms with E-state index in [9.17, 15) is 0 Å². The molecule has 0 saturated carbocycles. The summed E-state index contributed by atoms with van der Waals surface area (Å²) in [4.78, 5) is 0. The van der Waals surface area contributed by atoms with Crippen molar-refractivity contribution < 1.29 is 9.63 Å². The molecule has 0 saturated heterocycles. The van der Waals surface area contributed by atoms with Crippen LogP contribution in [-0.4, -0.2) is 17.8 Å². The molecule has 136 valence electrons. The van der Waals surface area contributed by atoms with Gasteiger partial charge in [-0.15, -0.1) is 0 Å². The van der Waals surface area contributed by atoms with E-state index in [1.54, 1.807) is 0 Å². The maximum absolute atomic E-state index is 8.68. The van der Waals surface area contributed by atoms with Gasteiger partial charge in [-0.1, -0.05) is 63.3 Å². The van der Waals surface area contributed by atoms with Crippen LogP contribution in [0.25, 0.3) is 0 Å². The minimum atomic E-state index is 0.282. The van der Waals surface area contributed by atoms with E-state index in [1.165, 1.54) is 57.8 Å². The Kier molecular flexibility index (Phi) is 19.7. The minimum absolute atomic E-state index is 0.282. The molecular weight excluding hydrogens is 303 g/mol. The van der Waals surface area contributed by atoms with Gasteiger partial charge in [0.25, 0.3) is 0 Å². The van der Waals surface area contributed by atoms with Gasteiger partial charge in [-0.3, -0.25) is 0 Å². The highest BCUT2D eigenvalue weighted by Gasteiger charge is 2.00. The zero-order valence-corrected chi connectivity index (χ0v) is 16.4. The van der Waals surface area contributed by atoms with Gasteiger partial charge in [0.15, 0.2) is 0 Å². The lowest BCUT2D eigenvalue weighted by atomic mass is 10.1. The first-order valence-corrected chi connectivity index (χ1v) is 10.1. The Morgan fingerprint density at radius 1 is 0.826 bits per heavy atom. The van der Waals surface area contributed by atoms with Crippen LogP contribution in [0.15, 0.2) is 24.3 Å². The number of aliphatic hydroxyl groups is 1. The molecule has 2 unspecified atom stereocenters. The summed E-state index contributed by atoms with van der Waals surface area (Å²) >= 11 is 0. The Balaban J connectivity index is 3.32. The largest absolute Gasteiger partial charge is 0.396 e. The highest BCUT2D eigenvalue weighted by molar-refractivity contribution is 7.09. The molecule has 0 heterocycles. The SMILES string of the molecule is CCCCC(/C=C/CCCCCCC/C=C/CCCCO)OP. The van der Waals surface area contributed by atoms with E-state index in [-0.39, 0.29) is 6.10 Å². The fourth-order valence-electron chi connectivity index (χ4n) is 2.53. The second kappa shape index (κ2) is 19.9. The fourth-order valence-corrected chi connectivity index (χ4v) is 2.75. The number of rotatable bonds is 17. The van der Waals surface area contributed by atoms with E-state index in [0.717, 1.165) is 25.7 Å². The average Bonchev–Trinajstić information content (AvgIpc) is 2.57. The summed E-state index contributed by atoms with van der Waals surface area (Å²) in [6, 6.07) is 0. The molecule has 0 radical (unpaired) electrons. The quantitative estimate of drug-likeness (QED) is 0.189. The van der Waals surface area contributed by atoms with Crippen LogP contribution in [0.3, 0.4) is 0 Å². The highest BCUT2D eigenvalue weighted by atomic mass is 31.0. The summed E-state index contributed by atoms with van der Waals surface area (Å²) < 4.78 is 5.38. The standard InChI is InChI=1S/C20H39O2P/c1-2-3-17-20(22-23)18-15-13-11-9-7-5-4-6-8-10-12-14-16-19-21/h8,10,15,18,20-21H,2-7,9,11-14,16-17,19,23H2,1H3/b10-8+,18-15+. The molecule has 0 aliphatic carbocycles. The molecular formula is C20H39O2P. The summed E-state index contributed by atoms with van der Waals surface area (Å²) in [6.07, 6.45) is 25.2. The molecule has 3 heteroatoms. The van der Waals surface area contributed by atoms with Crippen LogP contribution in [0.5, 0.6) is 0 Å². The van der Waals surface area contributed by atoms with E-state index in [1.807, 2.05) is 0 Å². The summed E-state index contributed by atoms with van der Waals surface area (Å²) in [5, 5.41) is 8.68. The van der Waals surface area contributed by atoms with Crippen molar-refractivity contribution in [3.05, 3.63) is 24.3 Å². The Morgan fingerprint density at radius 3 is 1.96 bits per heavy atom. The van der Waals surface area contributed by atoms with Crippen LogP contribution in [0.4, 0.5) is 0 Å². The molecule has 0 rings (SSSR count). The Bertz CT molecular complexity index is 277. The molecule has 0 amide bonds. The van der Waals surface area contributed by atoms with Crippen molar-refractivity contribution in [3.63, 3.8) is 0 Å². The van der Waals surface area contributed by atoms with E-state index in [2.05, 4.69) is 40.7 Å². The van der Waals surface area contributed by atoms with E-state index < -0.39 is 0 Å².